The average Bonchev–Trinajstić information content (AvgIpc) is 2.33. The summed E-state index contributed by atoms with van der Waals surface area (Å²) >= 11 is 6.93. The van der Waals surface area contributed by atoms with Crippen molar-refractivity contribution in [1.82, 2.24) is 0 Å². The molecule has 2 rings (SSSR count). The summed E-state index contributed by atoms with van der Waals surface area (Å²) in [5.41, 5.74) is 1.17. The summed E-state index contributed by atoms with van der Waals surface area (Å²) in [6.07, 6.45) is 0. The smallest absolute Gasteiger partial charge is 0.127 e. The number of benzene rings is 2. The number of rotatable bonds is 3. The molecule has 82 valence electrons. The molecular formula is C13H10Br2O. The topological polar surface area (TPSA) is 9.23 Å². The maximum Gasteiger partial charge on any atom is 0.127 e. The van der Waals surface area contributed by atoms with Gasteiger partial charge < -0.3 is 4.74 Å². The van der Waals surface area contributed by atoms with Gasteiger partial charge in [-0.1, -0.05) is 50.1 Å². The molecule has 0 amide bonds. The number of ether oxygens (including phenoxy) is 1. The van der Waals surface area contributed by atoms with Gasteiger partial charge in [-0.05, 0) is 35.9 Å². The first-order chi connectivity index (χ1) is 7.79. The summed E-state index contributed by atoms with van der Waals surface area (Å²) in [5, 5.41) is 0.805. The second kappa shape index (κ2) is 5.51. The highest BCUT2D eigenvalue weighted by Crippen LogP contribution is 2.27. The lowest BCUT2D eigenvalue weighted by molar-refractivity contribution is 0.482. The predicted octanol–water partition coefficient (Wildman–Crippen LogP) is 5.14. The van der Waals surface area contributed by atoms with Crippen molar-refractivity contribution < 1.29 is 4.74 Å². The number of hydrogen-bond acceptors (Lipinski definition) is 1. The molecule has 2 aromatic rings. The van der Waals surface area contributed by atoms with E-state index in [-0.39, 0.29) is 0 Å². The Hall–Kier alpha value is -0.800. The van der Waals surface area contributed by atoms with Crippen LogP contribution in [0.4, 0.5) is 0 Å². The molecule has 3 heteroatoms. The third-order valence-corrected chi connectivity index (χ3v) is 3.52. The minimum atomic E-state index is 0.805. The molecule has 0 aliphatic heterocycles. The van der Waals surface area contributed by atoms with Crippen molar-refractivity contribution in [2.24, 2.45) is 0 Å². The molecule has 0 N–H and O–H groups in total. The van der Waals surface area contributed by atoms with Gasteiger partial charge in [-0.2, -0.15) is 0 Å². The van der Waals surface area contributed by atoms with Crippen LogP contribution in [0.2, 0.25) is 0 Å². The van der Waals surface area contributed by atoms with E-state index in [0.29, 0.717) is 0 Å². The molecule has 0 bridgehead atoms. The summed E-state index contributed by atoms with van der Waals surface area (Å²) in [4.78, 5) is 0. The lowest BCUT2D eigenvalue weighted by atomic mass is 10.2. The van der Waals surface area contributed by atoms with Gasteiger partial charge in [0.15, 0.2) is 0 Å². The molecule has 2 aromatic carbocycles. The average molecular weight is 342 g/mol. The van der Waals surface area contributed by atoms with Gasteiger partial charge >= 0.3 is 0 Å². The Kier molecular flexibility index (Phi) is 4.02. The molecule has 0 saturated carbocycles. The molecule has 0 aromatic heterocycles. The van der Waals surface area contributed by atoms with Crippen molar-refractivity contribution in [3.8, 4) is 11.5 Å². The van der Waals surface area contributed by atoms with Crippen molar-refractivity contribution in [1.29, 1.82) is 0 Å². The van der Waals surface area contributed by atoms with Gasteiger partial charge in [0.2, 0.25) is 0 Å². The van der Waals surface area contributed by atoms with Gasteiger partial charge in [0.05, 0.1) is 0 Å². The van der Waals surface area contributed by atoms with Crippen LogP contribution in [0.5, 0.6) is 11.5 Å². The molecule has 0 aliphatic rings. The molecule has 0 saturated heterocycles. The van der Waals surface area contributed by atoms with E-state index in [9.17, 15) is 0 Å². The van der Waals surface area contributed by atoms with Crippen LogP contribution < -0.4 is 4.74 Å². The highest BCUT2D eigenvalue weighted by atomic mass is 79.9. The second-order valence-corrected chi connectivity index (χ2v) is 4.72. The Morgan fingerprint density at radius 1 is 0.938 bits per heavy atom. The van der Waals surface area contributed by atoms with Gasteiger partial charge in [-0.15, -0.1) is 0 Å². The monoisotopic (exact) mass is 340 g/mol. The molecule has 0 atom stereocenters. The van der Waals surface area contributed by atoms with E-state index < -0.39 is 0 Å². The first-order valence-corrected chi connectivity index (χ1v) is 6.78. The highest BCUT2D eigenvalue weighted by Gasteiger charge is 2.02. The summed E-state index contributed by atoms with van der Waals surface area (Å²) < 4.78 is 6.82. The van der Waals surface area contributed by atoms with E-state index in [4.69, 9.17) is 4.74 Å². The van der Waals surface area contributed by atoms with Crippen molar-refractivity contribution in [3.05, 3.63) is 58.6 Å². The lowest BCUT2D eigenvalue weighted by Gasteiger charge is -2.07. The molecule has 0 spiro atoms. The Labute approximate surface area is 112 Å². The first kappa shape index (κ1) is 11.7. The third-order valence-electron chi connectivity index (χ3n) is 2.14. The van der Waals surface area contributed by atoms with Crippen LogP contribution >= 0.6 is 31.9 Å². The molecule has 0 heterocycles. The third kappa shape index (κ3) is 2.86. The Morgan fingerprint density at radius 3 is 2.38 bits per heavy atom. The van der Waals surface area contributed by atoms with E-state index in [1.165, 1.54) is 5.56 Å². The Bertz CT molecular complexity index is 469. The van der Waals surface area contributed by atoms with Gasteiger partial charge in [-0.25, -0.2) is 0 Å². The van der Waals surface area contributed by atoms with Crippen molar-refractivity contribution in [3.63, 3.8) is 0 Å². The zero-order chi connectivity index (χ0) is 11.4. The van der Waals surface area contributed by atoms with Gasteiger partial charge in [0, 0.05) is 9.80 Å². The maximum atomic E-state index is 5.73. The van der Waals surface area contributed by atoms with E-state index in [1.807, 2.05) is 48.5 Å². The molecule has 0 fully saturated rings. The van der Waals surface area contributed by atoms with Gasteiger partial charge in [-0.3, -0.25) is 0 Å². The van der Waals surface area contributed by atoms with Crippen molar-refractivity contribution in [2.75, 3.05) is 0 Å². The maximum absolute atomic E-state index is 5.73. The van der Waals surface area contributed by atoms with Crippen LogP contribution in [0, 0.1) is 0 Å². The fourth-order valence-electron chi connectivity index (χ4n) is 1.34. The molecule has 0 radical (unpaired) electrons. The largest absolute Gasteiger partial charge is 0.457 e. The summed E-state index contributed by atoms with van der Waals surface area (Å²) in [7, 11) is 0. The molecule has 1 nitrogen and oxygen atoms in total. The Morgan fingerprint density at radius 2 is 1.69 bits per heavy atom. The minimum Gasteiger partial charge on any atom is -0.457 e. The van der Waals surface area contributed by atoms with Gasteiger partial charge in [0.25, 0.3) is 0 Å². The SMILES string of the molecule is BrCc1cc(Oc2ccccc2)ccc1Br. The molecule has 0 unspecified atom stereocenters. The Balaban J connectivity index is 2.22. The zero-order valence-corrected chi connectivity index (χ0v) is 11.7. The number of alkyl halides is 1. The van der Waals surface area contributed by atoms with Crippen LogP contribution in [0.15, 0.2) is 53.0 Å². The fourth-order valence-corrected chi connectivity index (χ4v) is 2.57. The number of hydrogen-bond donors (Lipinski definition) is 0. The second-order valence-electron chi connectivity index (χ2n) is 3.30. The lowest BCUT2D eigenvalue weighted by Crippen LogP contribution is -1.86. The van der Waals surface area contributed by atoms with E-state index in [1.54, 1.807) is 0 Å². The van der Waals surface area contributed by atoms with Crippen LogP contribution in [0.1, 0.15) is 5.56 Å². The first-order valence-electron chi connectivity index (χ1n) is 4.87. The molecular weight excluding hydrogens is 332 g/mol. The van der Waals surface area contributed by atoms with E-state index >= 15 is 0 Å². The van der Waals surface area contributed by atoms with Crippen molar-refractivity contribution in [2.45, 2.75) is 5.33 Å². The number of para-hydroxylation sites is 1. The van der Waals surface area contributed by atoms with E-state index in [0.717, 1.165) is 21.3 Å². The van der Waals surface area contributed by atoms with Crippen LogP contribution in [-0.2, 0) is 5.33 Å². The van der Waals surface area contributed by atoms with E-state index in [2.05, 4.69) is 31.9 Å². The number of halogens is 2. The van der Waals surface area contributed by atoms with Gasteiger partial charge in [0.1, 0.15) is 11.5 Å². The fraction of sp³-hybridized carbons (Fsp3) is 0.0769. The quantitative estimate of drug-likeness (QED) is 0.702. The predicted molar refractivity (Wildman–Crippen MR) is 73.3 cm³/mol. The zero-order valence-electron chi connectivity index (χ0n) is 8.49. The van der Waals surface area contributed by atoms with Crippen LogP contribution in [-0.4, -0.2) is 0 Å². The van der Waals surface area contributed by atoms with Crippen LogP contribution in [0.25, 0.3) is 0 Å². The molecule has 16 heavy (non-hydrogen) atoms. The van der Waals surface area contributed by atoms with Crippen molar-refractivity contribution >= 4 is 31.9 Å². The minimum absolute atomic E-state index is 0.805. The summed E-state index contributed by atoms with van der Waals surface area (Å²) in [6.45, 7) is 0. The normalized spacial score (nSPS) is 10.1. The highest BCUT2D eigenvalue weighted by molar-refractivity contribution is 9.10. The summed E-state index contributed by atoms with van der Waals surface area (Å²) in [5.74, 6) is 1.70. The molecule has 0 aliphatic carbocycles. The summed E-state index contributed by atoms with van der Waals surface area (Å²) in [6, 6.07) is 15.7. The van der Waals surface area contributed by atoms with Crippen LogP contribution in [0.3, 0.4) is 0 Å². The standard InChI is InChI=1S/C13H10Br2O/c14-9-10-8-12(6-7-13(10)15)16-11-4-2-1-3-5-11/h1-8H,9H2.